The Hall–Kier alpha value is -1.95. The molecule has 1 saturated heterocycles. The first kappa shape index (κ1) is 16.9. The van der Waals surface area contributed by atoms with Crippen LogP contribution in [0.2, 0.25) is 0 Å². The molecule has 0 aliphatic carbocycles. The average molecular weight is 344 g/mol. The lowest BCUT2D eigenvalue weighted by Gasteiger charge is -2.29. The summed E-state index contributed by atoms with van der Waals surface area (Å²) in [5, 5.41) is 7.41. The minimum Gasteiger partial charge on any atom is -0.331 e. The number of urea groups is 1. The summed E-state index contributed by atoms with van der Waals surface area (Å²) in [5.74, 6) is 2.15. The molecule has 1 N–H and O–H groups in total. The topological polar surface area (TPSA) is 50.2 Å². The fourth-order valence-electron chi connectivity index (χ4n) is 2.91. The lowest BCUT2D eigenvalue weighted by atomic mass is 10.1. The first-order chi connectivity index (χ1) is 11.6. The second-order valence-electron chi connectivity index (χ2n) is 6.16. The van der Waals surface area contributed by atoms with Gasteiger partial charge in [-0.2, -0.15) is 16.9 Å². The van der Waals surface area contributed by atoms with Crippen LogP contribution in [0.3, 0.4) is 0 Å². The zero-order valence-electron chi connectivity index (χ0n) is 14.2. The van der Waals surface area contributed by atoms with Crippen LogP contribution in [0.1, 0.15) is 31.9 Å². The molecule has 0 spiro atoms. The van der Waals surface area contributed by atoms with Crippen molar-refractivity contribution >= 4 is 17.8 Å². The lowest BCUT2D eigenvalue weighted by molar-refractivity contribution is 0.180. The molecule has 1 fully saturated rings. The van der Waals surface area contributed by atoms with E-state index in [1.165, 1.54) is 0 Å². The molecule has 5 nitrogen and oxygen atoms in total. The average Bonchev–Trinajstić information content (AvgIpc) is 3.04. The highest BCUT2D eigenvalue weighted by Crippen LogP contribution is 2.19. The smallest absolute Gasteiger partial charge is 0.318 e. The van der Waals surface area contributed by atoms with Gasteiger partial charge in [-0.15, -0.1) is 0 Å². The number of thioether (sulfide) groups is 1. The van der Waals surface area contributed by atoms with E-state index in [-0.39, 0.29) is 12.1 Å². The van der Waals surface area contributed by atoms with E-state index in [9.17, 15) is 4.79 Å². The zero-order chi connectivity index (χ0) is 16.9. The molecule has 6 heteroatoms. The summed E-state index contributed by atoms with van der Waals surface area (Å²) in [6.07, 6.45) is 4.73. The third-order valence-corrected chi connectivity index (χ3v) is 5.42. The quantitative estimate of drug-likeness (QED) is 0.927. The minimum absolute atomic E-state index is 0.0296. The van der Waals surface area contributed by atoms with Gasteiger partial charge in [0.1, 0.15) is 0 Å². The van der Waals surface area contributed by atoms with Gasteiger partial charge in [-0.1, -0.05) is 12.1 Å². The maximum absolute atomic E-state index is 12.6. The molecule has 128 valence electrons. The first-order valence-corrected chi connectivity index (χ1v) is 9.55. The fraction of sp³-hybridized carbons (Fsp3) is 0.444. The van der Waals surface area contributed by atoms with Crippen molar-refractivity contribution in [2.24, 2.45) is 0 Å². The Bertz CT molecular complexity index is 673. The molecule has 0 radical (unpaired) electrons. The number of hydrogen-bond donors (Lipinski definition) is 1. The summed E-state index contributed by atoms with van der Waals surface area (Å²) < 4.78 is 1.83. The lowest BCUT2D eigenvalue weighted by Crippen LogP contribution is -2.46. The number of rotatable bonds is 3. The Morgan fingerprint density at radius 3 is 3.04 bits per heavy atom. The van der Waals surface area contributed by atoms with Crippen LogP contribution in [0.15, 0.2) is 42.7 Å². The molecule has 1 aliphatic rings. The van der Waals surface area contributed by atoms with Crippen molar-refractivity contribution in [3.05, 3.63) is 48.3 Å². The maximum atomic E-state index is 12.6. The van der Waals surface area contributed by atoms with E-state index >= 15 is 0 Å². The summed E-state index contributed by atoms with van der Waals surface area (Å²) in [6.45, 7) is 4.98. The molecule has 1 aromatic carbocycles. The number of nitrogens with zero attached hydrogens (tertiary/aromatic N) is 3. The van der Waals surface area contributed by atoms with Crippen LogP contribution in [0, 0.1) is 0 Å². The molecule has 0 saturated carbocycles. The molecule has 2 amide bonds. The van der Waals surface area contributed by atoms with E-state index in [0.717, 1.165) is 35.7 Å². The number of carbonyl (C=O) groups excluding carboxylic acids is 1. The molecule has 0 bridgehead atoms. The van der Waals surface area contributed by atoms with E-state index in [4.69, 9.17) is 0 Å². The van der Waals surface area contributed by atoms with E-state index in [0.29, 0.717) is 6.04 Å². The van der Waals surface area contributed by atoms with Crippen molar-refractivity contribution in [1.82, 2.24) is 20.0 Å². The predicted octanol–water partition coefficient (Wildman–Crippen LogP) is 3.47. The Morgan fingerprint density at radius 2 is 2.25 bits per heavy atom. The van der Waals surface area contributed by atoms with Crippen LogP contribution in [-0.4, -0.2) is 44.8 Å². The van der Waals surface area contributed by atoms with Crippen LogP contribution < -0.4 is 5.32 Å². The van der Waals surface area contributed by atoms with Crippen LogP contribution in [0.4, 0.5) is 4.79 Å². The Kier molecular flexibility index (Phi) is 5.45. The van der Waals surface area contributed by atoms with Crippen molar-refractivity contribution < 1.29 is 4.79 Å². The summed E-state index contributed by atoms with van der Waals surface area (Å²) in [6, 6.07) is 10.3. The molecule has 1 aliphatic heterocycles. The normalized spacial score (nSPS) is 19.6. The molecule has 2 aromatic rings. The molecule has 24 heavy (non-hydrogen) atoms. The first-order valence-electron chi connectivity index (χ1n) is 8.40. The van der Waals surface area contributed by atoms with Gasteiger partial charge in [-0.05, 0) is 49.8 Å². The third-order valence-electron chi connectivity index (χ3n) is 4.43. The number of nitrogens with one attached hydrogen (secondary N) is 1. The molecular formula is C18H24N4OS. The highest BCUT2D eigenvalue weighted by atomic mass is 32.2. The minimum atomic E-state index is -0.0453. The Balaban J connectivity index is 1.69. The van der Waals surface area contributed by atoms with Gasteiger partial charge < -0.3 is 10.2 Å². The van der Waals surface area contributed by atoms with Gasteiger partial charge in [-0.3, -0.25) is 0 Å². The molecule has 0 unspecified atom stereocenters. The van der Waals surface area contributed by atoms with E-state index in [1.54, 1.807) is 6.20 Å². The zero-order valence-corrected chi connectivity index (χ0v) is 15.0. The van der Waals surface area contributed by atoms with Gasteiger partial charge in [0.05, 0.1) is 11.7 Å². The molecule has 3 rings (SSSR count). The van der Waals surface area contributed by atoms with Gasteiger partial charge in [-0.25, -0.2) is 9.48 Å². The van der Waals surface area contributed by atoms with E-state index in [2.05, 4.69) is 23.4 Å². The van der Waals surface area contributed by atoms with E-state index < -0.39 is 0 Å². The highest BCUT2D eigenvalue weighted by Gasteiger charge is 2.23. The van der Waals surface area contributed by atoms with Gasteiger partial charge in [0.15, 0.2) is 0 Å². The summed E-state index contributed by atoms with van der Waals surface area (Å²) in [5.41, 5.74) is 2.08. The standard InChI is InChI=1S/C18H24N4OS/c1-14-7-11-24-12-10-21(14)18(23)20-15(2)16-5-3-6-17(13-16)22-9-4-8-19-22/h3-6,8-9,13-15H,7,10-12H2,1-2H3,(H,20,23)/t14-,15+/m0/s1. The molecule has 2 heterocycles. The van der Waals surface area contributed by atoms with Crippen molar-refractivity contribution in [2.75, 3.05) is 18.1 Å². The Labute approximate surface area is 147 Å². The van der Waals surface area contributed by atoms with Gasteiger partial charge >= 0.3 is 6.03 Å². The van der Waals surface area contributed by atoms with Crippen LogP contribution in [0.5, 0.6) is 0 Å². The fourth-order valence-corrected chi connectivity index (χ4v) is 3.94. The highest BCUT2D eigenvalue weighted by molar-refractivity contribution is 7.99. The van der Waals surface area contributed by atoms with Crippen molar-refractivity contribution in [3.8, 4) is 5.69 Å². The van der Waals surface area contributed by atoms with E-state index in [1.807, 2.05) is 58.7 Å². The van der Waals surface area contributed by atoms with Gasteiger partial charge in [0, 0.05) is 30.7 Å². The van der Waals surface area contributed by atoms with Crippen molar-refractivity contribution in [2.45, 2.75) is 32.4 Å². The number of hydrogen-bond acceptors (Lipinski definition) is 3. The Morgan fingerprint density at radius 1 is 1.38 bits per heavy atom. The van der Waals surface area contributed by atoms with Gasteiger partial charge in [0.2, 0.25) is 0 Å². The largest absolute Gasteiger partial charge is 0.331 e. The summed E-state index contributed by atoms with van der Waals surface area (Å²) in [4.78, 5) is 14.6. The second-order valence-corrected chi connectivity index (χ2v) is 7.39. The number of benzene rings is 1. The summed E-state index contributed by atoms with van der Waals surface area (Å²) in [7, 11) is 0. The van der Waals surface area contributed by atoms with Crippen LogP contribution >= 0.6 is 11.8 Å². The number of carbonyl (C=O) groups is 1. The van der Waals surface area contributed by atoms with Gasteiger partial charge in [0.25, 0.3) is 0 Å². The van der Waals surface area contributed by atoms with Crippen molar-refractivity contribution in [3.63, 3.8) is 0 Å². The van der Waals surface area contributed by atoms with Crippen LogP contribution in [-0.2, 0) is 0 Å². The predicted molar refractivity (Wildman–Crippen MR) is 98.6 cm³/mol. The third kappa shape index (κ3) is 3.93. The number of amides is 2. The summed E-state index contributed by atoms with van der Waals surface area (Å²) >= 11 is 1.92. The molecular weight excluding hydrogens is 320 g/mol. The molecule has 2 atom stereocenters. The van der Waals surface area contributed by atoms with Crippen LogP contribution in [0.25, 0.3) is 5.69 Å². The monoisotopic (exact) mass is 344 g/mol. The van der Waals surface area contributed by atoms with Crippen molar-refractivity contribution in [1.29, 1.82) is 0 Å². The maximum Gasteiger partial charge on any atom is 0.318 e. The SMILES string of the molecule is C[C@@H](NC(=O)N1CCSCC[C@@H]1C)c1cccc(-n2cccn2)c1. The molecule has 1 aromatic heterocycles. The number of aromatic nitrogens is 2. The second kappa shape index (κ2) is 7.75.